The van der Waals surface area contributed by atoms with E-state index >= 15 is 0 Å². The van der Waals surface area contributed by atoms with Crippen LogP contribution in [0.2, 0.25) is 0 Å². The van der Waals surface area contributed by atoms with Crippen LogP contribution in [0.5, 0.6) is 0 Å². The Morgan fingerprint density at radius 2 is 2.21 bits per heavy atom. The van der Waals surface area contributed by atoms with Gasteiger partial charge in [0, 0.05) is 5.92 Å². The molecule has 0 amide bonds. The molecular formula is C12H16N2. The minimum Gasteiger partial charge on any atom is -0.335 e. The first-order valence-corrected chi connectivity index (χ1v) is 5.40. The van der Waals surface area contributed by atoms with Gasteiger partial charge in [0.1, 0.15) is 11.5 Å². The molecule has 2 rings (SSSR count). The summed E-state index contributed by atoms with van der Waals surface area (Å²) in [5.74, 6) is 4.42. The molecule has 0 aliphatic heterocycles. The first-order chi connectivity index (χ1) is 6.85. The molecule has 14 heavy (non-hydrogen) atoms. The molecule has 74 valence electrons. The topological polar surface area (TPSA) is 28.7 Å². The summed E-state index contributed by atoms with van der Waals surface area (Å²) in [4.78, 5) is 7.86. The van der Waals surface area contributed by atoms with Crippen LogP contribution in [-0.4, -0.2) is 9.97 Å². The predicted molar refractivity (Wildman–Crippen MR) is 57.1 cm³/mol. The van der Waals surface area contributed by atoms with Crippen LogP contribution in [-0.2, 0) is 6.42 Å². The third kappa shape index (κ3) is 1.55. The van der Waals surface area contributed by atoms with Gasteiger partial charge in [0.25, 0.3) is 0 Å². The maximum absolute atomic E-state index is 5.42. The molecule has 0 aromatic carbocycles. The van der Waals surface area contributed by atoms with Gasteiger partial charge in [-0.2, -0.15) is 0 Å². The standard InChI is InChI=1S/C12H16N2/c1-3-10-11(4-2)14-12(13-10)9-7-5-6-8-9/h1,9H,4-8H2,2H3,(H,13,14). The number of terminal acetylenes is 1. The average molecular weight is 188 g/mol. The van der Waals surface area contributed by atoms with Gasteiger partial charge in [-0.25, -0.2) is 4.98 Å². The molecule has 1 N–H and O–H groups in total. The third-order valence-corrected chi connectivity index (χ3v) is 3.02. The van der Waals surface area contributed by atoms with Crippen molar-refractivity contribution in [2.24, 2.45) is 0 Å². The lowest BCUT2D eigenvalue weighted by Gasteiger charge is -2.02. The number of rotatable bonds is 2. The van der Waals surface area contributed by atoms with Gasteiger partial charge in [-0.05, 0) is 19.3 Å². The fourth-order valence-electron chi connectivity index (χ4n) is 2.20. The molecule has 1 saturated carbocycles. The Morgan fingerprint density at radius 1 is 1.50 bits per heavy atom. The van der Waals surface area contributed by atoms with Crippen molar-refractivity contribution in [1.29, 1.82) is 0 Å². The van der Waals surface area contributed by atoms with Crippen molar-refractivity contribution in [2.45, 2.75) is 44.9 Å². The number of hydrogen-bond acceptors (Lipinski definition) is 1. The maximum Gasteiger partial charge on any atom is 0.112 e. The summed E-state index contributed by atoms with van der Waals surface area (Å²) < 4.78 is 0. The van der Waals surface area contributed by atoms with Crippen LogP contribution in [0.3, 0.4) is 0 Å². The highest BCUT2D eigenvalue weighted by Crippen LogP contribution is 2.32. The van der Waals surface area contributed by atoms with Crippen LogP contribution in [0.4, 0.5) is 0 Å². The van der Waals surface area contributed by atoms with E-state index in [1.165, 1.54) is 25.7 Å². The van der Waals surface area contributed by atoms with E-state index in [-0.39, 0.29) is 0 Å². The summed E-state index contributed by atoms with van der Waals surface area (Å²) in [6, 6.07) is 0. The zero-order valence-corrected chi connectivity index (χ0v) is 8.64. The molecule has 1 aromatic heterocycles. The van der Waals surface area contributed by atoms with Gasteiger partial charge in [-0.3, -0.25) is 0 Å². The molecule has 0 saturated heterocycles. The third-order valence-electron chi connectivity index (χ3n) is 3.02. The Labute approximate surface area is 85.1 Å². The smallest absolute Gasteiger partial charge is 0.112 e. The molecule has 0 radical (unpaired) electrons. The molecule has 1 aliphatic rings. The van der Waals surface area contributed by atoms with Gasteiger partial charge in [0.05, 0.1) is 5.69 Å². The summed E-state index contributed by atoms with van der Waals surface area (Å²) in [5.41, 5.74) is 1.93. The van der Waals surface area contributed by atoms with E-state index in [4.69, 9.17) is 6.42 Å². The van der Waals surface area contributed by atoms with Gasteiger partial charge >= 0.3 is 0 Å². The number of aromatic nitrogens is 2. The van der Waals surface area contributed by atoms with Crippen molar-refractivity contribution in [2.75, 3.05) is 0 Å². The normalized spacial score (nSPS) is 17.1. The first kappa shape index (κ1) is 9.33. The van der Waals surface area contributed by atoms with Crippen molar-refractivity contribution in [3.8, 4) is 12.3 Å². The Kier molecular flexibility index (Phi) is 2.58. The van der Waals surface area contributed by atoms with Crippen LogP contribution in [0.15, 0.2) is 0 Å². The lowest BCUT2D eigenvalue weighted by Crippen LogP contribution is -1.94. The fourth-order valence-corrected chi connectivity index (χ4v) is 2.20. The van der Waals surface area contributed by atoms with Gasteiger partial charge < -0.3 is 4.98 Å². The molecule has 2 nitrogen and oxygen atoms in total. The number of imidazole rings is 1. The Bertz CT molecular complexity index is 351. The Hall–Kier alpha value is -1.23. The molecule has 0 bridgehead atoms. The minimum atomic E-state index is 0.627. The number of aromatic amines is 1. The quantitative estimate of drug-likeness (QED) is 0.710. The largest absolute Gasteiger partial charge is 0.335 e. The zero-order chi connectivity index (χ0) is 9.97. The van der Waals surface area contributed by atoms with E-state index < -0.39 is 0 Å². The van der Waals surface area contributed by atoms with Crippen LogP contribution in [0.1, 0.15) is 55.7 Å². The first-order valence-electron chi connectivity index (χ1n) is 5.40. The molecule has 1 aromatic rings. The number of nitrogens with zero attached hydrogens (tertiary/aromatic N) is 1. The average Bonchev–Trinajstić information content (AvgIpc) is 2.85. The van der Waals surface area contributed by atoms with Crippen LogP contribution >= 0.6 is 0 Å². The number of nitrogens with one attached hydrogen (secondary N) is 1. The van der Waals surface area contributed by atoms with Crippen molar-refractivity contribution >= 4 is 0 Å². The Balaban J connectivity index is 2.26. The van der Waals surface area contributed by atoms with E-state index in [2.05, 4.69) is 22.8 Å². The second kappa shape index (κ2) is 3.88. The second-order valence-electron chi connectivity index (χ2n) is 3.92. The van der Waals surface area contributed by atoms with Crippen molar-refractivity contribution in [3.63, 3.8) is 0 Å². The maximum atomic E-state index is 5.42. The van der Waals surface area contributed by atoms with Crippen LogP contribution in [0.25, 0.3) is 0 Å². The molecular weight excluding hydrogens is 172 g/mol. The summed E-state index contributed by atoms with van der Waals surface area (Å²) >= 11 is 0. The molecule has 1 heterocycles. The van der Waals surface area contributed by atoms with Gasteiger partial charge in [0.2, 0.25) is 0 Å². The molecule has 2 heteroatoms. The molecule has 1 aliphatic carbocycles. The van der Waals surface area contributed by atoms with Crippen molar-refractivity contribution < 1.29 is 0 Å². The van der Waals surface area contributed by atoms with E-state index in [1.807, 2.05) is 0 Å². The molecule has 0 spiro atoms. The van der Waals surface area contributed by atoms with Gasteiger partial charge in [-0.15, -0.1) is 6.42 Å². The number of aryl methyl sites for hydroxylation is 1. The predicted octanol–water partition coefficient (Wildman–Crippen LogP) is 2.61. The van der Waals surface area contributed by atoms with E-state index in [0.29, 0.717) is 5.92 Å². The van der Waals surface area contributed by atoms with Crippen molar-refractivity contribution in [1.82, 2.24) is 9.97 Å². The minimum absolute atomic E-state index is 0.627. The SMILES string of the molecule is C#Cc1[nH]c(C2CCCC2)nc1CC. The molecule has 1 fully saturated rings. The highest BCUT2D eigenvalue weighted by molar-refractivity contribution is 5.31. The summed E-state index contributed by atoms with van der Waals surface area (Å²) in [6.07, 6.45) is 11.5. The Morgan fingerprint density at radius 3 is 2.71 bits per heavy atom. The summed E-state index contributed by atoms with van der Waals surface area (Å²) in [6.45, 7) is 2.09. The van der Waals surface area contributed by atoms with Gasteiger partial charge in [-0.1, -0.05) is 25.7 Å². The van der Waals surface area contributed by atoms with Crippen LogP contribution in [0, 0.1) is 12.3 Å². The second-order valence-corrected chi connectivity index (χ2v) is 3.92. The monoisotopic (exact) mass is 188 g/mol. The van der Waals surface area contributed by atoms with E-state index in [1.54, 1.807) is 0 Å². The number of hydrogen-bond donors (Lipinski definition) is 1. The van der Waals surface area contributed by atoms with Crippen molar-refractivity contribution in [3.05, 3.63) is 17.2 Å². The zero-order valence-electron chi connectivity index (χ0n) is 8.64. The van der Waals surface area contributed by atoms with E-state index in [9.17, 15) is 0 Å². The lowest BCUT2D eigenvalue weighted by molar-refractivity contribution is 0.676. The molecule has 0 atom stereocenters. The summed E-state index contributed by atoms with van der Waals surface area (Å²) in [7, 11) is 0. The fraction of sp³-hybridized carbons (Fsp3) is 0.583. The summed E-state index contributed by atoms with van der Waals surface area (Å²) in [5, 5.41) is 0. The lowest BCUT2D eigenvalue weighted by atomic mass is 10.1. The highest BCUT2D eigenvalue weighted by atomic mass is 14.9. The number of H-pyrrole nitrogens is 1. The highest BCUT2D eigenvalue weighted by Gasteiger charge is 2.21. The van der Waals surface area contributed by atoms with Gasteiger partial charge in [0.15, 0.2) is 0 Å². The van der Waals surface area contributed by atoms with E-state index in [0.717, 1.165) is 23.6 Å². The van der Waals surface area contributed by atoms with Crippen LogP contribution < -0.4 is 0 Å². The molecule has 0 unspecified atom stereocenters.